The quantitative estimate of drug-likeness (QED) is 0.0475. The number of aryl methyl sites for hydroxylation is 6. The van der Waals surface area contributed by atoms with Crippen molar-refractivity contribution in [3.63, 3.8) is 0 Å². The van der Waals surface area contributed by atoms with Gasteiger partial charge in [0.1, 0.15) is 11.5 Å². The summed E-state index contributed by atoms with van der Waals surface area (Å²) in [7, 11) is 0. The summed E-state index contributed by atoms with van der Waals surface area (Å²) in [5, 5.41) is 64.6. The predicted octanol–water partition coefficient (Wildman–Crippen LogP) is 19.4. The molecule has 3 unspecified atom stereocenters. The molecule has 650 valence electrons. The zero-order valence-electron chi connectivity index (χ0n) is 72.2. The summed E-state index contributed by atoms with van der Waals surface area (Å²) in [4.78, 5) is 55.1. The van der Waals surface area contributed by atoms with E-state index in [0.717, 1.165) is 139 Å². The molecule has 0 aliphatic carbocycles. The van der Waals surface area contributed by atoms with Gasteiger partial charge in [-0.25, -0.2) is 0 Å². The van der Waals surface area contributed by atoms with E-state index in [2.05, 4.69) is 174 Å². The molecule has 5 heterocycles. The molecular formula is C99H103Cl4N15O4S4. The van der Waals surface area contributed by atoms with Crippen LogP contribution in [-0.2, 0) is 47.1 Å². The van der Waals surface area contributed by atoms with Crippen LogP contribution in [0.15, 0.2) is 221 Å². The van der Waals surface area contributed by atoms with Crippen molar-refractivity contribution in [2.24, 2.45) is 0 Å². The fraction of sp³-hybridized carbons (Fsp3) is 0.313. The lowest BCUT2D eigenvalue weighted by Gasteiger charge is -2.36. The largest absolute Gasteiger partial charge is 0.457 e. The van der Waals surface area contributed by atoms with E-state index in [9.17, 15) is 40.7 Å². The van der Waals surface area contributed by atoms with Gasteiger partial charge in [0.2, 0.25) is 17.7 Å². The summed E-state index contributed by atoms with van der Waals surface area (Å²) >= 11 is 31.5. The molecule has 5 N–H and O–H groups in total. The monoisotopic (exact) mass is 1830 g/mol. The Morgan fingerprint density at radius 1 is 0.341 bits per heavy atom. The van der Waals surface area contributed by atoms with Gasteiger partial charge in [0.25, 0.3) is 0 Å². The summed E-state index contributed by atoms with van der Waals surface area (Å²) in [5.74, 6) is 1.42. The molecule has 19 nitrogen and oxygen atoms in total. The first kappa shape index (κ1) is 96.8. The van der Waals surface area contributed by atoms with Gasteiger partial charge in [0.15, 0.2) is 0 Å². The molecule has 15 rings (SSSR count). The minimum atomic E-state index is 0.00984. The Labute approximate surface area is 778 Å². The summed E-state index contributed by atoms with van der Waals surface area (Å²) in [6.07, 6.45) is 0. The number of hydrogen-bond acceptors (Lipinski definition) is 20. The smallest absolute Gasteiger partial charge is 0.234 e. The third-order valence-corrected chi connectivity index (χ3v) is 26.0. The molecule has 5 aliphatic heterocycles. The molecule has 0 spiro atoms. The van der Waals surface area contributed by atoms with Crippen LogP contribution in [0, 0.1) is 98.2 Å². The fourth-order valence-corrected chi connectivity index (χ4v) is 21.1. The molecule has 3 amide bonds. The van der Waals surface area contributed by atoms with Gasteiger partial charge in [-0.15, -0.1) is 0 Å². The van der Waals surface area contributed by atoms with E-state index in [1.165, 1.54) is 36.9 Å². The van der Waals surface area contributed by atoms with E-state index < -0.39 is 0 Å². The van der Waals surface area contributed by atoms with Crippen LogP contribution in [0.5, 0.6) is 11.5 Å². The van der Waals surface area contributed by atoms with Crippen LogP contribution in [-0.4, -0.2) is 152 Å². The first-order valence-corrected chi connectivity index (χ1v) is 46.5. The molecule has 3 atom stereocenters. The van der Waals surface area contributed by atoms with Crippen LogP contribution in [0.2, 0.25) is 20.1 Å². The maximum atomic E-state index is 11.6. The molecule has 5 fully saturated rings. The van der Waals surface area contributed by atoms with Crippen molar-refractivity contribution >= 4 is 111 Å². The van der Waals surface area contributed by atoms with Crippen molar-refractivity contribution in [1.29, 1.82) is 26.3 Å². The van der Waals surface area contributed by atoms with E-state index in [4.69, 9.17) is 51.1 Å². The summed E-state index contributed by atoms with van der Waals surface area (Å²) in [5.41, 5.74) is 15.6. The maximum Gasteiger partial charge on any atom is 0.234 e. The Balaban J connectivity index is 0.000000153. The molecule has 0 radical (unpaired) electrons. The lowest BCUT2D eigenvalue weighted by molar-refractivity contribution is -0.125. The first-order valence-electron chi connectivity index (χ1n) is 41.7. The number of rotatable bonds is 20. The molecule has 0 aromatic heterocycles. The normalized spacial score (nSPS) is 16.7. The van der Waals surface area contributed by atoms with Crippen LogP contribution in [0.4, 0.5) is 0 Å². The first-order chi connectivity index (χ1) is 60.5. The molecule has 0 bridgehead atoms. The number of piperazine rings is 5. The van der Waals surface area contributed by atoms with Crippen LogP contribution >= 0.6 is 93.5 Å². The lowest BCUT2D eigenvalue weighted by Crippen LogP contribution is -2.53. The Hall–Kier alpha value is -9.86. The SMILES string of the molecule is Cc1cc(C)cc(Sc2ccc(C#N)cc2CN2CCNC(=O)C2)c1.Cc1cc(Cl)cc(Oc2ccc(C#N)cc2CN2CCNC(=O)C2)c1.Cc1cc(Cl)cc(Sc2ccc(C#N)cc2CN2CC(C)NC(C)C2)c1.Cc1cc(Cl)cc(Sc2ccc(C#N)cc2CN2CCNC(=O)C2)c1.Cc1cc(Cl)cc(Sc2ccc(C#N)cc2CN2CCNC(C)C2)c1. The predicted molar refractivity (Wildman–Crippen MR) is 508 cm³/mol. The highest BCUT2D eigenvalue weighted by Gasteiger charge is 2.26. The van der Waals surface area contributed by atoms with Gasteiger partial charge >= 0.3 is 0 Å². The van der Waals surface area contributed by atoms with Crippen LogP contribution in [0.3, 0.4) is 0 Å². The van der Waals surface area contributed by atoms with Crippen molar-refractivity contribution in [2.75, 3.05) is 91.6 Å². The Bertz CT molecular complexity index is 5340. The topological polar surface area (TPSA) is 256 Å². The van der Waals surface area contributed by atoms with E-state index in [0.29, 0.717) is 126 Å². The lowest BCUT2D eigenvalue weighted by atomic mass is 10.1. The van der Waals surface area contributed by atoms with Crippen molar-refractivity contribution in [2.45, 2.75) is 152 Å². The highest BCUT2D eigenvalue weighted by atomic mass is 35.5. The average molecular weight is 1840 g/mol. The number of hydrogen-bond donors (Lipinski definition) is 5. The maximum absolute atomic E-state index is 11.6. The molecule has 10 aromatic carbocycles. The summed E-state index contributed by atoms with van der Waals surface area (Å²) in [6.45, 7) is 33.1. The number of benzene rings is 10. The molecule has 0 saturated carbocycles. The van der Waals surface area contributed by atoms with Crippen LogP contribution in [0.25, 0.3) is 0 Å². The van der Waals surface area contributed by atoms with Gasteiger partial charge in [-0.3, -0.25) is 38.9 Å². The second kappa shape index (κ2) is 47.8. The Kier molecular flexibility index (Phi) is 36.7. The zero-order chi connectivity index (χ0) is 89.9. The van der Waals surface area contributed by atoms with Crippen molar-refractivity contribution in [3.8, 4) is 41.8 Å². The van der Waals surface area contributed by atoms with Gasteiger partial charge in [-0.05, 0) is 294 Å². The average Bonchev–Trinajstić information content (AvgIpc) is 0.839. The van der Waals surface area contributed by atoms with Crippen LogP contribution in [0.1, 0.15) is 110 Å². The minimum Gasteiger partial charge on any atom is -0.457 e. The van der Waals surface area contributed by atoms with Crippen molar-refractivity contribution < 1.29 is 19.1 Å². The highest BCUT2D eigenvalue weighted by Crippen LogP contribution is 2.40. The number of amides is 3. The van der Waals surface area contributed by atoms with Gasteiger partial charge in [-0.1, -0.05) is 99.5 Å². The number of halogens is 4. The van der Waals surface area contributed by atoms with E-state index in [-0.39, 0.29) is 17.7 Å². The molecule has 10 aromatic rings. The Morgan fingerprint density at radius 3 is 0.976 bits per heavy atom. The summed E-state index contributed by atoms with van der Waals surface area (Å²) < 4.78 is 6.02. The number of nitrogens with one attached hydrogen (secondary N) is 5. The van der Waals surface area contributed by atoms with E-state index in [1.807, 2.05) is 128 Å². The van der Waals surface area contributed by atoms with Gasteiger partial charge in [0.05, 0.1) is 77.8 Å². The molecule has 5 saturated heterocycles. The number of carbonyl (C=O) groups excluding carboxylic acids is 3. The molecular weight excluding hydrogens is 1730 g/mol. The Morgan fingerprint density at radius 2 is 0.635 bits per heavy atom. The third kappa shape index (κ3) is 31.0. The molecule has 126 heavy (non-hydrogen) atoms. The highest BCUT2D eigenvalue weighted by molar-refractivity contribution is 8.00. The molecule has 5 aliphatic rings. The van der Waals surface area contributed by atoms with Gasteiger partial charge in [-0.2, -0.15) is 26.3 Å². The number of nitrogens with zero attached hydrogens (tertiary/aromatic N) is 10. The second-order valence-corrected chi connectivity index (χ2v) is 38.5. The zero-order valence-corrected chi connectivity index (χ0v) is 78.5. The number of carbonyl (C=O) groups is 3. The third-order valence-electron chi connectivity index (χ3n) is 20.8. The fourth-order valence-electron chi connectivity index (χ4n) is 15.4. The standard InChI is InChI=1S/C21H24ClN3S.C20H22ClN3S.C20H21N3OS.C19H18ClN3O2.C19H18ClN3OS/c1-14-6-19(22)9-20(7-14)26-21-5-4-17(10-23)8-18(21)13-25-11-15(2)24-16(3)12-25;1-14-7-18(21)10-19(8-14)25-20-4-3-16(11-22)9-17(20)13-24-6-5-23-15(2)12-24;1-14-7-15(2)9-18(8-14)25-19-4-3-16(11-21)10-17(19)12-23-6-5-22-20(24)13-23;2*1-13-6-16(20)9-17(7-13)25-18-3-2-14(10-21)8-15(18)11-23-5-4-22-19(24)12-23/h4-9,15-16,24H,11-13H2,1-3H3;3-4,7-10,15,23H,5-6,12-13H2,1-2H3;3-4,7-10H,5-6,12-13H2,1-2H3,(H,22,24);2*2-3,6-9H,4-5,11-12H2,1H3,(H,22,24). The van der Waals surface area contributed by atoms with Crippen molar-refractivity contribution in [3.05, 3.63) is 291 Å². The minimum absolute atomic E-state index is 0.00984. The number of ether oxygens (including phenoxy) is 1. The van der Waals surface area contributed by atoms with E-state index in [1.54, 1.807) is 71.3 Å². The second-order valence-electron chi connectivity index (χ2n) is 32.3. The van der Waals surface area contributed by atoms with Gasteiger partial charge in [0, 0.05) is 188 Å². The van der Waals surface area contributed by atoms with E-state index >= 15 is 0 Å². The molecule has 27 heteroatoms. The summed E-state index contributed by atoms with van der Waals surface area (Å²) in [6, 6.07) is 71.5. The van der Waals surface area contributed by atoms with Crippen LogP contribution < -0.4 is 31.3 Å². The number of nitriles is 5. The van der Waals surface area contributed by atoms with Crippen molar-refractivity contribution in [1.82, 2.24) is 51.1 Å². The van der Waals surface area contributed by atoms with Gasteiger partial charge < -0.3 is 31.3 Å².